The summed E-state index contributed by atoms with van der Waals surface area (Å²) in [5.41, 5.74) is 1.52. The fourth-order valence-electron chi connectivity index (χ4n) is 12.1. The largest absolute Gasteiger partial charge is 0.493 e. The molecule has 0 unspecified atom stereocenters. The highest BCUT2D eigenvalue weighted by Gasteiger charge is 2.41. The number of nitrogens with zero attached hydrogens (tertiary/aromatic N) is 1. The second-order valence-corrected chi connectivity index (χ2v) is 29.0. The average Bonchev–Trinajstić information content (AvgIpc) is 0.806. The van der Waals surface area contributed by atoms with Crippen LogP contribution in [0.3, 0.4) is 0 Å². The third-order valence-electron chi connectivity index (χ3n) is 21.0. The molecule has 0 N–H and O–H groups in total. The zero-order valence-corrected chi connectivity index (χ0v) is 63.0. The van der Waals surface area contributed by atoms with Gasteiger partial charge in [-0.15, -0.1) is 0 Å². The predicted octanol–water partition coefficient (Wildman–Crippen LogP) is 17.9. The van der Waals surface area contributed by atoms with Crippen molar-refractivity contribution in [1.82, 2.24) is 4.98 Å². The minimum Gasteiger partial charge on any atom is -0.493 e. The lowest BCUT2D eigenvalue weighted by molar-refractivity contribution is -0.152. The topological polar surface area (TPSA) is 151 Å². The van der Waals surface area contributed by atoms with Gasteiger partial charge >= 0.3 is 0 Å². The highest BCUT2D eigenvalue weighted by atomic mass is 16.6. The summed E-state index contributed by atoms with van der Waals surface area (Å²) < 4.78 is 82.9. The SMILES string of the molecule is CCC1(COCCOCCOc2ccccc2)COC1.CCC1(COCCOc2ccccc2)COC1.CCC1(COc2ccc3cc4ccccc4cc3c2)COC1.CCC1(COc2ccc3ccccc3c2)COC1.CCC1(COc2ccccc2)COC1.CCC1(COc2ccncc2)COC1. The maximum Gasteiger partial charge on any atom is 0.122 e. The van der Waals surface area contributed by atoms with Crippen LogP contribution >= 0.6 is 0 Å². The summed E-state index contributed by atoms with van der Waals surface area (Å²) in [6.45, 7) is 31.3. The molecule has 0 bridgehead atoms. The Kier molecular flexibility index (Phi) is 31.3. The van der Waals surface area contributed by atoms with Gasteiger partial charge in [0.1, 0.15) is 47.7 Å². The summed E-state index contributed by atoms with van der Waals surface area (Å²) >= 11 is 0. The highest BCUT2D eigenvalue weighted by Crippen LogP contribution is 2.37. The van der Waals surface area contributed by atoms with Gasteiger partial charge in [-0.25, -0.2) is 0 Å². The first-order valence-electron chi connectivity index (χ1n) is 37.9. The van der Waals surface area contributed by atoms with E-state index in [9.17, 15) is 0 Å². The van der Waals surface area contributed by atoms with E-state index in [1.165, 1.54) is 32.3 Å². The van der Waals surface area contributed by atoms with Gasteiger partial charge in [-0.2, -0.15) is 0 Å². The summed E-state index contributed by atoms with van der Waals surface area (Å²) in [5.74, 6) is 5.51. The van der Waals surface area contributed by atoms with Crippen molar-refractivity contribution in [2.75, 3.05) is 159 Å². The normalized spacial score (nSPS) is 17.4. The number of hydrogen-bond acceptors (Lipinski definition) is 16. The van der Waals surface area contributed by atoms with Gasteiger partial charge in [-0.1, -0.05) is 157 Å². The number of rotatable bonds is 33. The number of benzene rings is 8. The molecule has 0 spiro atoms. The Morgan fingerprint density at radius 3 is 0.876 bits per heavy atom. The molecule has 7 heterocycles. The molecular formula is C89H113NO15. The van der Waals surface area contributed by atoms with Crippen LogP contribution in [0, 0.1) is 32.5 Å². The van der Waals surface area contributed by atoms with Crippen molar-refractivity contribution in [2.45, 2.75) is 80.1 Å². The van der Waals surface area contributed by atoms with Crippen LogP contribution in [0.4, 0.5) is 0 Å². The van der Waals surface area contributed by atoms with Crippen LogP contribution in [0.1, 0.15) is 80.1 Å². The van der Waals surface area contributed by atoms with Gasteiger partial charge in [0, 0.05) is 23.2 Å². The molecule has 0 atom stereocenters. The summed E-state index contributed by atoms with van der Waals surface area (Å²) in [5, 5.41) is 7.51. The first-order valence-corrected chi connectivity index (χ1v) is 37.9. The van der Waals surface area contributed by atoms with E-state index in [0.717, 1.165) is 192 Å². The van der Waals surface area contributed by atoms with Crippen molar-refractivity contribution in [2.24, 2.45) is 32.5 Å². The van der Waals surface area contributed by atoms with Crippen molar-refractivity contribution >= 4 is 32.3 Å². The van der Waals surface area contributed by atoms with Crippen LogP contribution in [0.15, 0.2) is 213 Å². The lowest BCUT2D eigenvalue weighted by Crippen LogP contribution is -2.46. The van der Waals surface area contributed by atoms with Crippen molar-refractivity contribution in [1.29, 1.82) is 0 Å². The van der Waals surface area contributed by atoms with Crippen LogP contribution in [0.2, 0.25) is 0 Å². The predicted molar refractivity (Wildman–Crippen MR) is 416 cm³/mol. The summed E-state index contributed by atoms with van der Waals surface area (Å²) in [6, 6.07) is 67.2. The molecule has 9 aromatic rings. The zero-order valence-electron chi connectivity index (χ0n) is 63.0. The van der Waals surface area contributed by atoms with Crippen LogP contribution in [-0.2, 0) is 42.6 Å². The van der Waals surface area contributed by atoms with E-state index < -0.39 is 0 Å². The van der Waals surface area contributed by atoms with E-state index in [4.69, 9.17) is 71.1 Å². The second-order valence-electron chi connectivity index (χ2n) is 29.0. The molecular weight excluding hydrogens is 1320 g/mol. The molecule has 0 aliphatic carbocycles. The standard InChI is InChI=1S/C20H20O2.C16H24O4.C16H18O2.C14H20O3.C12H16O2.C11H15NO2/c1-2-20(12-21-13-20)14-22-19-8-7-17-9-15-5-3-4-6-16(15)10-18(17)11-19;1-2-16(13-19-14-16)12-18-9-8-17-10-11-20-15-6-4-3-5-7-15;1-2-16(10-17-11-16)12-18-15-8-7-13-5-3-4-6-14(13)9-15;1-2-14(11-16-12-14)10-15-8-9-17-13-6-4-3-5-7-13;1-2-12(8-13-9-12)10-14-11-6-4-3-5-7-11;1-2-11(7-13-8-11)9-14-10-3-5-12-6-4-10/h3-11H,2,12-14H2,1H3;3-7H,2,8-14H2,1H3;3-9H,2,10-12H2,1H3;3-7H,2,8-12H2,1H3;3-7H,2,8-10H2,1H3;3-6H,2,7-9H2,1H3. The average molecular weight is 1440 g/mol. The Hall–Kier alpha value is -7.87. The number of aromatic nitrogens is 1. The third kappa shape index (κ3) is 24.3. The van der Waals surface area contributed by atoms with Gasteiger partial charge < -0.3 is 71.1 Å². The van der Waals surface area contributed by atoms with Gasteiger partial charge in [-0.3, -0.25) is 4.98 Å². The smallest absolute Gasteiger partial charge is 0.122 e. The van der Waals surface area contributed by atoms with Crippen molar-refractivity contribution in [3.63, 3.8) is 0 Å². The van der Waals surface area contributed by atoms with Gasteiger partial charge in [0.25, 0.3) is 0 Å². The van der Waals surface area contributed by atoms with Crippen molar-refractivity contribution in [3.8, 4) is 34.5 Å². The number of ether oxygens (including phenoxy) is 15. The molecule has 0 radical (unpaired) electrons. The molecule has 1 aromatic heterocycles. The lowest BCUT2D eigenvalue weighted by Gasteiger charge is -2.40. The Morgan fingerprint density at radius 1 is 0.238 bits per heavy atom. The molecule has 16 nitrogen and oxygen atoms in total. The van der Waals surface area contributed by atoms with E-state index in [1.54, 1.807) is 12.4 Å². The van der Waals surface area contributed by atoms with Gasteiger partial charge in [-0.05, 0) is 156 Å². The quantitative estimate of drug-likeness (QED) is 0.0283. The molecule has 16 heteroatoms. The zero-order chi connectivity index (χ0) is 73.2. The van der Waals surface area contributed by atoms with Gasteiger partial charge in [0.05, 0.1) is 167 Å². The van der Waals surface area contributed by atoms with Gasteiger partial charge in [0.15, 0.2) is 0 Å². The Morgan fingerprint density at radius 2 is 0.505 bits per heavy atom. The fraction of sp³-hybridized carbons (Fsp3) is 0.472. The van der Waals surface area contributed by atoms with Gasteiger partial charge in [0.2, 0.25) is 0 Å². The molecule has 6 saturated heterocycles. The molecule has 8 aromatic carbocycles. The van der Waals surface area contributed by atoms with Crippen LogP contribution in [0.5, 0.6) is 34.5 Å². The molecule has 6 aliphatic heterocycles. The van der Waals surface area contributed by atoms with Crippen molar-refractivity contribution < 1.29 is 71.1 Å². The van der Waals surface area contributed by atoms with E-state index in [2.05, 4.69) is 138 Å². The first-order chi connectivity index (χ1) is 51.5. The highest BCUT2D eigenvalue weighted by molar-refractivity contribution is 5.98. The summed E-state index contributed by atoms with van der Waals surface area (Å²) in [7, 11) is 0. The summed E-state index contributed by atoms with van der Waals surface area (Å²) in [6.07, 6.45) is 10.2. The molecule has 0 saturated carbocycles. The van der Waals surface area contributed by atoms with E-state index in [1.807, 2.05) is 109 Å². The van der Waals surface area contributed by atoms with E-state index >= 15 is 0 Å². The molecule has 0 amide bonds. The Labute approximate surface area is 623 Å². The van der Waals surface area contributed by atoms with Crippen LogP contribution in [-0.4, -0.2) is 164 Å². The van der Waals surface area contributed by atoms with E-state index in [-0.39, 0.29) is 32.5 Å². The van der Waals surface area contributed by atoms with Crippen LogP contribution in [0.25, 0.3) is 32.3 Å². The number of para-hydroxylation sites is 3. The van der Waals surface area contributed by atoms with Crippen molar-refractivity contribution in [3.05, 3.63) is 213 Å². The Bertz CT molecular complexity index is 3780. The molecule has 105 heavy (non-hydrogen) atoms. The molecule has 15 rings (SSSR count). The number of fused-ring (bicyclic) bond motifs is 3. The van der Waals surface area contributed by atoms with E-state index in [0.29, 0.717) is 39.6 Å². The van der Waals surface area contributed by atoms with Crippen LogP contribution < -0.4 is 28.4 Å². The lowest BCUT2D eigenvalue weighted by atomic mass is 9.84. The number of hydrogen-bond donors (Lipinski definition) is 0. The minimum atomic E-state index is 0.221. The maximum atomic E-state index is 6.04. The second kappa shape index (κ2) is 41.3. The summed E-state index contributed by atoms with van der Waals surface area (Å²) in [4.78, 5) is 3.94. The molecule has 6 aliphatic rings. The minimum absolute atomic E-state index is 0.221. The Balaban J connectivity index is 0.000000136. The fourth-order valence-corrected chi connectivity index (χ4v) is 12.1. The first kappa shape index (κ1) is 79.7. The monoisotopic (exact) mass is 1440 g/mol. The maximum absolute atomic E-state index is 6.04. The third-order valence-corrected chi connectivity index (χ3v) is 21.0. The number of pyridine rings is 1. The molecule has 6 fully saturated rings. The molecule has 564 valence electrons.